The van der Waals surface area contributed by atoms with Gasteiger partial charge in [0, 0.05) is 6.42 Å². The van der Waals surface area contributed by atoms with Crippen molar-refractivity contribution in [3.05, 3.63) is 35.9 Å². The maximum atomic E-state index is 12.8. The fourth-order valence-electron chi connectivity index (χ4n) is 3.05. The largest absolute Gasteiger partial charge is 0.391 e. The van der Waals surface area contributed by atoms with Crippen LogP contribution in [0.2, 0.25) is 0 Å². The number of imide groups is 1. The fraction of sp³-hybridized carbons (Fsp3) is 0.438. The second-order valence-electron chi connectivity index (χ2n) is 5.34. The van der Waals surface area contributed by atoms with Gasteiger partial charge in [-0.25, -0.2) is 0 Å². The first-order chi connectivity index (χ1) is 9.97. The van der Waals surface area contributed by atoms with Crippen LogP contribution in [-0.4, -0.2) is 27.2 Å². The molecule has 1 aromatic rings. The van der Waals surface area contributed by atoms with Gasteiger partial charge in [-0.05, 0) is 18.4 Å². The normalized spacial score (nSPS) is 19.1. The summed E-state index contributed by atoms with van der Waals surface area (Å²) in [6, 6.07) is 9.38. The molecule has 0 aromatic heterocycles. The summed E-state index contributed by atoms with van der Waals surface area (Å²) in [5.41, 5.74) is 5.89. The Labute approximate surface area is 130 Å². The second-order valence-corrected chi connectivity index (χ2v) is 5.78. The quantitative estimate of drug-likeness (QED) is 0.670. The number of amides is 2. The van der Waals surface area contributed by atoms with Crippen molar-refractivity contribution in [2.75, 3.05) is 0 Å². The zero-order valence-corrected chi connectivity index (χ0v) is 13.2. The van der Waals surface area contributed by atoms with Gasteiger partial charge in [-0.1, -0.05) is 56.4 Å². The number of rotatable bonds is 5. The van der Waals surface area contributed by atoms with Crippen molar-refractivity contribution in [2.24, 2.45) is 5.73 Å². The Hall–Kier alpha value is -1.75. The van der Waals surface area contributed by atoms with Crippen LogP contribution in [0.5, 0.6) is 0 Å². The molecule has 0 spiro atoms. The number of nitrogens with zero attached hydrogens (tertiary/aromatic N) is 1. The third-order valence-electron chi connectivity index (χ3n) is 4.41. The molecule has 0 bridgehead atoms. The summed E-state index contributed by atoms with van der Waals surface area (Å²) in [4.78, 5) is 26.7. The van der Waals surface area contributed by atoms with E-state index in [1.807, 2.05) is 44.2 Å². The molecule has 1 saturated heterocycles. The van der Waals surface area contributed by atoms with E-state index in [-0.39, 0.29) is 23.2 Å². The number of carbonyl (C=O) groups excluding carboxylic acids is 2. The Kier molecular flexibility index (Phi) is 4.42. The predicted octanol–water partition coefficient (Wildman–Crippen LogP) is 2.37. The average Bonchev–Trinajstić information content (AvgIpc) is 2.78. The lowest BCUT2D eigenvalue weighted by Crippen LogP contribution is -2.58. The highest BCUT2D eigenvalue weighted by molar-refractivity contribution is 7.80. The second kappa shape index (κ2) is 5.93. The topological polar surface area (TPSA) is 63.4 Å². The highest BCUT2D eigenvalue weighted by Gasteiger charge is 2.50. The first kappa shape index (κ1) is 15.6. The van der Waals surface area contributed by atoms with Gasteiger partial charge < -0.3 is 5.73 Å². The van der Waals surface area contributed by atoms with E-state index in [1.54, 1.807) is 0 Å². The molecule has 2 rings (SSSR count). The van der Waals surface area contributed by atoms with Crippen LogP contribution in [0.1, 0.15) is 44.6 Å². The number of nitrogens with two attached hydrogens (primary N) is 1. The summed E-state index contributed by atoms with van der Waals surface area (Å²) in [7, 11) is 0. The molecular formula is C16H20N2O2S. The minimum absolute atomic E-state index is 0.188. The summed E-state index contributed by atoms with van der Waals surface area (Å²) in [6.07, 6.45) is 1.27. The molecule has 4 nitrogen and oxygen atoms in total. The number of hydrogen-bond donors (Lipinski definition) is 1. The van der Waals surface area contributed by atoms with Crippen LogP contribution in [0, 0.1) is 0 Å². The number of thiocarbonyl (C=S) groups is 1. The summed E-state index contributed by atoms with van der Waals surface area (Å²) in [5, 5.41) is 0. The number of benzene rings is 1. The minimum atomic E-state index is -0.840. The summed E-state index contributed by atoms with van der Waals surface area (Å²) >= 11 is 5.16. The third-order valence-corrected chi connectivity index (χ3v) is 4.78. The van der Waals surface area contributed by atoms with Gasteiger partial charge in [0.25, 0.3) is 0 Å². The van der Waals surface area contributed by atoms with Crippen LogP contribution in [0.4, 0.5) is 0 Å². The molecule has 2 amide bonds. The zero-order valence-electron chi connectivity index (χ0n) is 12.3. The highest BCUT2D eigenvalue weighted by Crippen LogP contribution is 2.37. The Morgan fingerprint density at radius 2 is 1.86 bits per heavy atom. The molecule has 21 heavy (non-hydrogen) atoms. The molecule has 1 aliphatic rings. The van der Waals surface area contributed by atoms with Crippen LogP contribution in [0.3, 0.4) is 0 Å². The van der Waals surface area contributed by atoms with E-state index in [1.165, 1.54) is 4.90 Å². The third kappa shape index (κ3) is 2.46. The van der Waals surface area contributed by atoms with Gasteiger partial charge in [0.05, 0.1) is 16.4 Å². The van der Waals surface area contributed by atoms with E-state index >= 15 is 0 Å². The zero-order chi connectivity index (χ0) is 15.6. The van der Waals surface area contributed by atoms with E-state index < -0.39 is 11.5 Å². The Balaban J connectivity index is 2.41. The molecule has 1 atom stereocenters. The van der Waals surface area contributed by atoms with Gasteiger partial charge in [-0.15, -0.1) is 0 Å². The molecule has 2 N–H and O–H groups in total. The van der Waals surface area contributed by atoms with Crippen LogP contribution in [0.15, 0.2) is 30.3 Å². The molecule has 1 heterocycles. The average molecular weight is 304 g/mol. The monoisotopic (exact) mass is 304 g/mol. The highest BCUT2D eigenvalue weighted by atomic mass is 32.1. The van der Waals surface area contributed by atoms with Crippen molar-refractivity contribution >= 4 is 29.0 Å². The van der Waals surface area contributed by atoms with E-state index in [9.17, 15) is 9.59 Å². The molecule has 1 aliphatic heterocycles. The Morgan fingerprint density at radius 1 is 1.29 bits per heavy atom. The lowest BCUT2D eigenvalue weighted by molar-refractivity contribution is -0.143. The number of carbonyl (C=O) groups is 2. The summed E-state index contributed by atoms with van der Waals surface area (Å²) in [5.74, 6) is -0.807. The molecule has 1 aromatic carbocycles. The minimum Gasteiger partial charge on any atom is -0.391 e. The van der Waals surface area contributed by atoms with Gasteiger partial charge >= 0.3 is 0 Å². The van der Waals surface area contributed by atoms with Gasteiger partial charge in [0.2, 0.25) is 11.8 Å². The smallest absolute Gasteiger partial charge is 0.238 e. The molecule has 1 fully saturated rings. The maximum absolute atomic E-state index is 12.8. The van der Waals surface area contributed by atoms with Crippen molar-refractivity contribution < 1.29 is 9.59 Å². The molecule has 5 heteroatoms. The van der Waals surface area contributed by atoms with Gasteiger partial charge in [0.15, 0.2) is 0 Å². The lowest BCUT2D eigenvalue weighted by atomic mass is 9.90. The van der Waals surface area contributed by atoms with Crippen LogP contribution in [0.25, 0.3) is 0 Å². The SMILES string of the molecule is CCC(CC)(C(N)=S)N1C(=O)CC(c2ccccc2)C1=O. The van der Waals surface area contributed by atoms with Gasteiger partial charge in [-0.3, -0.25) is 14.5 Å². The summed E-state index contributed by atoms with van der Waals surface area (Å²) in [6.45, 7) is 3.80. The number of hydrogen-bond acceptors (Lipinski definition) is 3. The van der Waals surface area contributed by atoms with Crippen molar-refractivity contribution in [3.63, 3.8) is 0 Å². The molecule has 0 saturated carbocycles. The molecule has 112 valence electrons. The van der Waals surface area contributed by atoms with E-state index in [4.69, 9.17) is 18.0 Å². The molecule has 0 aliphatic carbocycles. The van der Waals surface area contributed by atoms with Crippen molar-refractivity contribution in [1.29, 1.82) is 0 Å². The Bertz CT molecular complexity index is 567. The molecule has 1 unspecified atom stereocenters. The van der Waals surface area contributed by atoms with Crippen LogP contribution in [-0.2, 0) is 9.59 Å². The maximum Gasteiger partial charge on any atom is 0.238 e. The van der Waals surface area contributed by atoms with Gasteiger partial charge in [0.1, 0.15) is 0 Å². The molecular weight excluding hydrogens is 284 g/mol. The van der Waals surface area contributed by atoms with Crippen LogP contribution < -0.4 is 5.73 Å². The first-order valence-electron chi connectivity index (χ1n) is 7.19. The Morgan fingerprint density at radius 3 is 2.33 bits per heavy atom. The molecule has 0 radical (unpaired) electrons. The van der Waals surface area contributed by atoms with Crippen molar-refractivity contribution in [2.45, 2.75) is 44.6 Å². The van der Waals surface area contributed by atoms with Crippen molar-refractivity contribution in [1.82, 2.24) is 4.90 Å². The standard InChI is InChI=1S/C16H20N2O2S/c1-3-16(4-2,15(17)21)18-13(19)10-12(14(18)20)11-8-6-5-7-9-11/h5-9,12H,3-4,10H2,1-2H3,(H2,17,21). The number of likely N-dealkylation sites (tertiary alicyclic amines) is 1. The van der Waals surface area contributed by atoms with Crippen LogP contribution >= 0.6 is 12.2 Å². The van der Waals surface area contributed by atoms with Gasteiger partial charge in [-0.2, -0.15) is 0 Å². The van der Waals surface area contributed by atoms with E-state index in [0.717, 1.165) is 5.56 Å². The van der Waals surface area contributed by atoms with Crippen molar-refractivity contribution in [3.8, 4) is 0 Å². The van der Waals surface area contributed by atoms with E-state index in [0.29, 0.717) is 12.8 Å². The lowest BCUT2D eigenvalue weighted by Gasteiger charge is -2.38. The predicted molar refractivity (Wildman–Crippen MR) is 85.8 cm³/mol. The first-order valence-corrected chi connectivity index (χ1v) is 7.60. The fourth-order valence-corrected chi connectivity index (χ4v) is 3.43. The van der Waals surface area contributed by atoms with E-state index in [2.05, 4.69) is 0 Å². The summed E-state index contributed by atoms with van der Waals surface area (Å²) < 4.78 is 0.